The van der Waals surface area contributed by atoms with Crippen molar-refractivity contribution in [3.05, 3.63) is 35.4 Å². The topological polar surface area (TPSA) is 26.0 Å². The van der Waals surface area contributed by atoms with Crippen LogP contribution in [-0.2, 0) is 6.42 Å². The van der Waals surface area contributed by atoms with E-state index in [9.17, 15) is 0 Å². The highest BCUT2D eigenvalue weighted by Gasteiger charge is 2.45. The lowest BCUT2D eigenvalue weighted by atomic mass is 9.80. The monoisotopic (exact) mass is 223 g/mol. The molecular weight excluding hydrogens is 206 g/mol. The Hall–Kier alpha value is -0.530. The first-order valence-electron chi connectivity index (χ1n) is 5.65. The Balaban J connectivity index is 0.000000853. The Morgan fingerprint density at radius 1 is 1.13 bits per heavy atom. The molecule has 82 valence electrons. The molecule has 2 aliphatic carbocycles. The van der Waals surface area contributed by atoms with Crippen LogP contribution in [0.2, 0.25) is 0 Å². The van der Waals surface area contributed by atoms with Crippen molar-refractivity contribution in [3.63, 3.8) is 0 Å². The lowest BCUT2D eigenvalue weighted by molar-refractivity contribution is 0.257. The van der Waals surface area contributed by atoms with Crippen molar-refractivity contribution in [1.29, 1.82) is 0 Å². The van der Waals surface area contributed by atoms with Gasteiger partial charge in [0.25, 0.3) is 0 Å². The summed E-state index contributed by atoms with van der Waals surface area (Å²) in [5, 5.41) is 0. The minimum absolute atomic E-state index is 0. The van der Waals surface area contributed by atoms with E-state index in [1.165, 1.54) is 43.2 Å². The molecule has 1 aromatic rings. The number of rotatable bonds is 0. The van der Waals surface area contributed by atoms with E-state index in [0.717, 1.165) is 0 Å². The largest absolute Gasteiger partial charge is 0.323 e. The van der Waals surface area contributed by atoms with Gasteiger partial charge in [-0.3, -0.25) is 0 Å². The molecule has 0 aliphatic heterocycles. The van der Waals surface area contributed by atoms with Crippen LogP contribution in [0, 0.1) is 5.41 Å². The molecule has 1 atom stereocenters. The average molecular weight is 224 g/mol. The summed E-state index contributed by atoms with van der Waals surface area (Å²) in [4.78, 5) is 0. The molecule has 0 radical (unpaired) electrons. The highest BCUT2D eigenvalue weighted by atomic mass is 35.5. The van der Waals surface area contributed by atoms with Crippen LogP contribution >= 0.6 is 12.4 Å². The molecule has 2 aliphatic rings. The Morgan fingerprint density at radius 2 is 1.80 bits per heavy atom. The van der Waals surface area contributed by atoms with Gasteiger partial charge >= 0.3 is 0 Å². The maximum absolute atomic E-state index is 6.39. The summed E-state index contributed by atoms with van der Waals surface area (Å²) < 4.78 is 0. The third kappa shape index (κ3) is 1.49. The second kappa shape index (κ2) is 3.80. The second-order valence-electron chi connectivity index (χ2n) is 4.92. The molecule has 1 saturated carbocycles. The summed E-state index contributed by atoms with van der Waals surface area (Å²) in [6.07, 6.45) is 6.65. The van der Waals surface area contributed by atoms with Crippen LogP contribution in [0.3, 0.4) is 0 Å². The van der Waals surface area contributed by atoms with Gasteiger partial charge in [0.05, 0.1) is 0 Å². The molecule has 2 heteroatoms. The predicted molar refractivity (Wildman–Crippen MR) is 65.2 cm³/mol. The van der Waals surface area contributed by atoms with Gasteiger partial charge in [0, 0.05) is 6.04 Å². The van der Waals surface area contributed by atoms with Crippen molar-refractivity contribution in [3.8, 4) is 0 Å². The van der Waals surface area contributed by atoms with E-state index in [0.29, 0.717) is 11.5 Å². The first-order chi connectivity index (χ1) is 6.82. The molecule has 2 N–H and O–H groups in total. The lowest BCUT2D eigenvalue weighted by Crippen LogP contribution is -2.28. The van der Waals surface area contributed by atoms with Gasteiger partial charge in [-0.05, 0) is 35.8 Å². The molecular formula is C13H18ClN. The van der Waals surface area contributed by atoms with Crippen LogP contribution in [0.4, 0.5) is 0 Å². The molecule has 0 bridgehead atoms. The first kappa shape index (κ1) is 11.0. The third-order valence-electron chi connectivity index (χ3n) is 4.19. The quantitative estimate of drug-likeness (QED) is 0.718. The van der Waals surface area contributed by atoms with Crippen molar-refractivity contribution < 1.29 is 0 Å². The van der Waals surface area contributed by atoms with E-state index in [-0.39, 0.29) is 12.4 Å². The minimum atomic E-state index is 0. The molecule has 0 heterocycles. The molecule has 1 nitrogen and oxygen atoms in total. The van der Waals surface area contributed by atoms with Crippen molar-refractivity contribution in [2.75, 3.05) is 0 Å². The Kier molecular flexibility index (Phi) is 2.78. The molecule has 1 fully saturated rings. The molecule has 15 heavy (non-hydrogen) atoms. The van der Waals surface area contributed by atoms with Crippen molar-refractivity contribution in [2.24, 2.45) is 11.1 Å². The zero-order chi connectivity index (χ0) is 9.60. The molecule has 1 spiro atoms. The van der Waals surface area contributed by atoms with Crippen LogP contribution in [0.5, 0.6) is 0 Å². The van der Waals surface area contributed by atoms with E-state index in [4.69, 9.17) is 5.73 Å². The smallest absolute Gasteiger partial charge is 0.0358 e. The summed E-state index contributed by atoms with van der Waals surface area (Å²) in [7, 11) is 0. The fourth-order valence-electron chi connectivity index (χ4n) is 3.38. The number of benzene rings is 1. The Bertz CT molecular complexity index is 355. The van der Waals surface area contributed by atoms with Crippen molar-refractivity contribution in [2.45, 2.75) is 38.1 Å². The van der Waals surface area contributed by atoms with Crippen LogP contribution in [-0.4, -0.2) is 0 Å². The average Bonchev–Trinajstić information content (AvgIpc) is 2.77. The van der Waals surface area contributed by atoms with E-state index >= 15 is 0 Å². The summed E-state index contributed by atoms with van der Waals surface area (Å²) in [5.74, 6) is 0. The summed E-state index contributed by atoms with van der Waals surface area (Å²) in [6, 6.07) is 9.03. The highest BCUT2D eigenvalue weighted by molar-refractivity contribution is 5.85. The van der Waals surface area contributed by atoms with E-state index in [2.05, 4.69) is 24.3 Å². The van der Waals surface area contributed by atoms with Crippen LogP contribution < -0.4 is 5.73 Å². The molecule has 1 unspecified atom stereocenters. The molecule has 0 amide bonds. The summed E-state index contributed by atoms with van der Waals surface area (Å²) in [5.41, 5.74) is 9.73. The summed E-state index contributed by atoms with van der Waals surface area (Å²) in [6.45, 7) is 0. The van der Waals surface area contributed by atoms with Gasteiger partial charge in [-0.1, -0.05) is 37.1 Å². The van der Waals surface area contributed by atoms with E-state index in [1.807, 2.05) is 0 Å². The normalized spacial score (nSPS) is 26.3. The van der Waals surface area contributed by atoms with Gasteiger partial charge in [-0.25, -0.2) is 0 Å². The predicted octanol–water partition coefficient (Wildman–Crippen LogP) is 3.22. The highest BCUT2D eigenvalue weighted by Crippen LogP contribution is 2.53. The maximum atomic E-state index is 6.39. The van der Waals surface area contributed by atoms with E-state index in [1.54, 1.807) is 0 Å². The Labute approximate surface area is 97.5 Å². The number of halogens is 1. The standard InChI is InChI=1S/C13H17N.ClH/c14-12-11-6-2-1-5-10(11)9-13(12)7-3-4-8-13;/h1-2,5-6,12H,3-4,7-9,14H2;1H. The van der Waals surface area contributed by atoms with Gasteiger partial charge in [0.2, 0.25) is 0 Å². The molecule has 0 aromatic heterocycles. The van der Waals surface area contributed by atoms with Gasteiger partial charge in [-0.15, -0.1) is 12.4 Å². The van der Waals surface area contributed by atoms with Crippen molar-refractivity contribution >= 4 is 12.4 Å². The molecule has 1 aromatic carbocycles. The zero-order valence-corrected chi connectivity index (χ0v) is 9.72. The number of fused-ring (bicyclic) bond motifs is 1. The van der Waals surface area contributed by atoms with Crippen LogP contribution in [0.25, 0.3) is 0 Å². The fraction of sp³-hybridized carbons (Fsp3) is 0.538. The molecule has 0 saturated heterocycles. The van der Waals surface area contributed by atoms with Crippen molar-refractivity contribution in [1.82, 2.24) is 0 Å². The minimum Gasteiger partial charge on any atom is -0.323 e. The Morgan fingerprint density at radius 3 is 2.47 bits per heavy atom. The second-order valence-corrected chi connectivity index (χ2v) is 4.92. The van der Waals surface area contributed by atoms with Crippen LogP contribution in [0.1, 0.15) is 42.9 Å². The first-order valence-corrected chi connectivity index (χ1v) is 5.65. The number of hydrogen-bond donors (Lipinski definition) is 1. The zero-order valence-electron chi connectivity index (χ0n) is 8.91. The third-order valence-corrected chi connectivity index (χ3v) is 4.19. The molecule has 3 rings (SSSR count). The maximum Gasteiger partial charge on any atom is 0.0358 e. The SMILES string of the molecule is Cl.NC1c2ccccc2CC12CCCC2. The van der Waals surface area contributed by atoms with Gasteiger partial charge in [0.1, 0.15) is 0 Å². The van der Waals surface area contributed by atoms with Gasteiger partial charge in [0.15, 0.2) is 0 Å². The lowest BCUT2D eigenvalue weighted by Gasteiger charge is -2.28. The number of hydrogen-bond acceptors (Lipinski definition) is 1. The van der Waals surface area contributed by atoms with Gasteiger partial charge in [-0.2, -0.15) is 0 Å². The number of nitrogens with two attached hydrogens (primary N) is 1. The van der Waals surface area contributed by atoms with E-state index < -0.39 is 0 Å². The van der Waals surface area contributed by atoms with Gasteiger partial charge < -0.3 is 5.73 Å². The summed E-state index contributed by atoms with van der Waals surface area (Å²) >= 11 is 0. The fourth-order valence-corrected chi connectivity index (χ4v) is 3.38. The van der Waals surface area contributed by atoms with Crippen LogP contribution in [0.15, 0.2) is 24.3 Å².